The zero-order chi connectivity index (χ0) is 23.5. The number of methoxy groups -OCH3 is 3. The maximum absolute atomic E-state index is 13.1. The Hall–Kier alpha value is -2.20. The minimum atomic E-state index is -3.83. The number of anilines is 1. The van der Waals surface area contributed by atoms with Gasteiger partial charge in [-0.05, 0) is 31.0 Å². The van der Waals surface area contributed by atoms with Crippen LogP contribution in [0.15, 0.2) is 35.2 Å². The molecule has 32 heavy (non-hydrogen) atoms. The molecule has 1 atom stereocenters. The van der Waals surface area contributed by atoms with Gasteiger partial charge in [0.05, 0.1) is 47.9 Å². The topological polar surface area (TPSA) is 94.2 Å². The number of piperidine rings is 1. The first-order chi connectivity index (χ1) is 15.2. The van der Waals surface area contributed by atoms with Crippen LogP contribution in [0.4, 0.5) is 5.69 Å². The monoisotopic (exact) mass is 502 g/mol. The average Bonchev–Trinajstić information content (AvgIpc) is 2.79. The predicted molar refractivity (Wildman–Crippen MR) is 123 cm³/mol. The van der Waals surface area contributed by atoms with Gasteiger partial charge >= 0.3 is 0 Å². The quantitative estimate of drug-likeness (QED) is 0.613. The molecule has 1 aliphatic rings. The Balaban J connectivity index is 1.79. The third-order valence-electron chi connectivity index (χ3n) is 5.25. The number of hydrogen-bond donors (Lipinski definition) is 1. The summed E-state index contributed by atoms with van der Waals surface area (Å²) in [5.74, 6) is 0.275. The Morgan fingerprint density at radius 3 is 2.28 bits per heavy atom. The molecule has 8 nitrogen and oxygen atoms in total. The third kappa shape index (κ3) is 5.06. The van der Waals surface area contributed by atoms with Gasteiger partial charge in [0, 0.05) is 25.2 Å². The molecular formula is C21H24Cl2N2O6S. The van der Waals surface area contributed by atoms with Gasteiger partial charge in [0.25, 0.3) is 0 Å². The number of sulfonamides is 1. The SMILES string of the molecule is COc1ccc(S(=O)(=O)N2CCC[C@@H](C(=O)Nc3cc(OC)c(Cl)cc3OC)C2)cc1Cl. The van der Waals surface area contributed by atoms with Crippen molar-refractivity contribution in [3.8, 4) is 17.2 Å². The van der Waals surface area contributed by atoms with Crippen LogP contribution in [0.5, 0.6) is 17.2 Å². The molecule has 1 saturated heterocycles. The molecule has 174 valence electrons. The summed E-state index contributed by atoms with van der Waals surface area (Å²) < 4.78 is 43.1. The van der Waals surface area contributed by atoms with Crippen molar-refractivity contribution >= 4 is 44.8 Å². The summed E-state index contributed by atoms with van der Waals surface area (Å²) in [7, 11) is 0.554. The summed E-state index contributed by atoms with van der Waals surface area (Å²) in [6.07, 6.45) is 1.09. The Labute approximate surface area is 197 Å². The number of nitrogens with one attached hydrogen (secondary N) is 1. The van der Waals surface area contributed by atoms with E-state index in [1.165, 1.54) is 43.8 Å². The number of rotatable bonds is 7. The summed E-state index contributed by atoms with van der Waals surface area (Å²) in [6, 6.07) is 7.40. The van der Waals surface area contributed by atoms with Crippen LogP contribution >= 0.6 is 23.2 Å². The van der Waals surface area contributed by atoms with Crippen LogP contribution in [0.25, 0.3) is 0 Å². The largest absolute Gasteiger partial charge is 0.495 e. The van der Waals surface area contributed by atoms with Gasteiger partial charge in [0.1, 0.15) is 17.2 Å². The van der Waals surface area contributed by atoms with Crippen molar-refractivity contribution in [1.82, 2.24) is 4.31 Å². The number of ether oxygens (including phenoxy) is 3. The van der Waals surface area contributed by atoms with E-state index in [4.69, 9.17) is 37.4 Å². The second-order valence-electron chi connectivity index (χ2n) is 7.17. The van der Waals surface area contributed by atoms with Crippen molar-refractivity contribution in [3.63, 3.8) is 0 Å². The van der Waals surface area contributed by atoms with Gasteiger partial charge in [-0.3, -0.25) is 4.79 Å². The van der Waals surface area contributed by atoms with Crippen molar-refractivity contribution in [2.45, 2.75) is 17.7 Å². The van der Waals surface area contributed by atoms with Gasteiger partial charge in [-0.15, -0.1) is 0 Å². The van der Waals surface area contributed by atoms with E-state index in [0.717, 1.165) is 0 Å². The van der Waals surface area contributed by atoms with E-state index in [9.17, 15) is 13.2 Å². The second-order valence-corrected chi connectivity index (χ2v) is 9.93. The molecule has 0 saturated carbocycles. The van der Waals surface area contributed by atoms with Crippen molar-refractivity contribution in [2.75, 3.05) is 39.7 Å². The fraction of sp³-hybridized carbons (Fsp3) is 0.381. The molecule has 0 spiro atoms. The highest BCUT2D eigenvalue weighted by Crippen LogP contribution is 2.36. The molecular weight excluding hydrogens is 479 g/mol. The summed E-state index contributed by atoms with van der Waals surface area (Å²) in [6.45, 7) is 0.360. The predicted octanol–water partition coefficient (Wildman–Crippen LogP) is 4.06. The number of hydrogen-bond acceptors (Lipinski definition) is 6. The molecule has 11 heteroatoms. The van der Waals surface area contributed by atoms with E-state index >= 15 is 0 Å². The molecule has 1 N–H and O–H groups in total. The number of amides is 1. The maximum atomic E-state index is 13.1. The van der Waals surface area contributed by atoms with Crippen molar-refractivity contribution in [3.05, 3.63) is 40.4 Å². The molecule has 1 heterocycles. The molecule has 1 aliphatic heterocycles. The molecule has 0 aliphatic carbocycles. The Kier molecular flexibility index (Phi) is 7.76. The molecule has 2 aromatic rings. The highest BCUT2D eigenvalue weighted by Gasteiger charge is 2.34. The minimum Gasteiger partial charge on any atom is -0.495 e. The standard InChI is InChI=1S/C21H24Cl2N2O6S/c1-29-18-7-6-14(9-15(18)22)32(27,28)25-8-4-5-13(12-25)21(26)24-17-11-19(30-2)16(23)10-20(17)31-3/h6-7,9-11,13H,4-5,8,12H2,1-3H3,(H,24,26)/t13-/m1/s1. The number of nitrogens with zero attached hydrogens (tertiary/aromatic N) is 1. The lowest BCUT2D eigenvalue weighted by Gasteiger charge is -2.31. The van der Waals surface area contributed by atoms with Crippen LogP contribution in [0, 0.1) is 5.92 Å². The van der Waals surface area contributed by atoms with E-state index < -0.39 is 15.9 Å². The highest BCUT2D eigenvalue weighted by atomic mass is 35.5. The Morgan fingerprint density at radius 2 is 1.66 bits per heavy atom. The van der Waals surface area contributed by atoms with Crippen molar-refractivity contribution < 1.29 is 27.4 Å². The molecule has 1 fully saturated rings. The van der Waals surface area contributed by atoms with Crippen LogP contribution in [-0.4, -0.2) is 53.0 Å². The summed E-state index contributed by atoms with van der Waals surface area (Å²) >= 11 is 12.2. The molecule has 0 unspecified atom stereocenters. The molecule has 0 radical (unpaired) electrons. The normalized spacial score (nSPS) is 17.0. The van der Waals surface area contributed by atoms with E-state index in [0.29, 0.717) is 47.3 Å². The number of halogens is 2. The first-order valence-corrected chi connectivity index (χ1v) is 12.0. The lowest BCUT2D eigenvalue weighted by Crippen LogP contribution is -2.43. The molecule has 2 aromatic carbocycles. The highest BCUT2D eigenvalue weighted by molar-refractivity contribution is 7.89. The maximum Gasteiger partial charge on any atom is 0.243 e. The molecule has 3 rings (SSSR count). The lowest BCUT2D eigenvalue weighted by molar-refractivity contribution is -0.120. The van der Waals surface area contributed by atoms with Crippen LogP contribution in [-0.2, 0) is 14.8 Å². The Bertz CT molecular complexity index is 1110. The number of carbonyl (C=O) groups is 1. The van der Waals surface area contributed by atoms with Gasteiger partial charge in [0.2, 0.25) is 15.9 Å². The smallest absolute Gasteiger partial charge is 0.243 e. The summed E-state index contributed by atoms with van der Waals surface area (Å²) in [5, 5.41) is 3.35. The fourth-order valence-electron chi connectivity index (χ4n) is 3.52. The van der Waals surface area contributed by atoms with Crippen LogP contribution < -0.4 is 19.5 Å². The van der Waals surface area contributed by atoms with Gasteiger partial charge < -0.3 is 19.5 Å². The van der Waals surface area contributed by atoms with E-state index in [1.54, 1.807) is 12.1 Å². The zero-order valence-corrected chi connectivity index (χ0v) is 20.2. The summed E-state index contributed by atoms with van der Waals surface area (Å²) in [5.41, 5.74) is 0.390. The van der Waals surface area contributed by atoms with Gasteiger partial charge in [-0.2, -0.15) is 4.31 Å². The van der Waals surface area contributed by atoms with Crippen molar-refractivity contribution in [1.29, 1.82) is 0 Å². The second kappa shape index (κ2) is 10.2. The van der Waals surface area contributed by atoms with E-state index in [1.807, 2.05) is 0 Å². The number of carbonyl (C=O) groups excluding carboxylic acids is 1. The first-order valence-electron chi connectivity index (χ1n) is 9.77. The van der Waals surface area contributed by atoms with Crippen LogP contribution in [0.2, 0.25) is 10.0 Å². The van der Waals surface area contributed by atoms with Gasteiger partial charge in [0.15, 0.2) is 0 Å². The molecule has 0 aromatic heterocycles. The minimum absolute atomic E-state index is 0.0465. The number of benzene rings is 2. The first kappa shape index (κ1) is 24.4. The van der Waals surface area contributed by atoms with E-state index in [-0.39, 0.29) is 22.4 Å². The fourth-order valence-corrected chi connectivity index (χ4v) is 5.63. The zero-order valence-electron chi connectivity index (χ0n) is 17.9. The Morgan fingerprint density at radius 1 is 1.00 bits per heavy atom. The van der Waals surface area contributed by atoms with E-state index in [2.05, 4.69) is 5.32 Å². The molecule has 0 bridgehead atoms. The van der Waals surface area contributed by atoms with Gasteiger partial charge in [-0.1, -0.05) is 23.2 Å². The summed E-state index contributed by atoms with van der Waals surface area (Å²) in [4.78, 5) is 13.0. The van der Waals surface area contributed by atoms with Crippen molar-refractivity contribution in [2.24, 2.45) is 5.92 Å². The molecule has 1 amide bonds. The average molecular weight is 503 g/mol. The third-order valence-corrected chi connectivity index (χ3v) is 7.70. The lowest BCUT2D eigenvalue weighted by atomic mass is 9.98. The van der Waals surface area contributed by atoms with Gasteiger partial charge in [-0.25, -0.2) is 8.42 Å². The van der Waals surface area contributed by atoms with Crippen LogP contribution in [0.3, 0.4) is 0 Å². The van der Waals surface area contributed by atoms with Crippen LogP contribution in [0.1, 0.15) is 12.8 Å².